The lowest BCUT2D eigenvalue weighted by Gasteiger charge is -2.17. The van der Waals surface area contributed by atoms with Gasteiger partial charge in [0.15, 0.2) is 11.5 Å². The molecule has 2 aromatic carbocycles. The molecule has 1 N–H and O–H groups in total. The van der Waals surface area contributed by atoms with E-state index in [1.54, 1.807) is 12.2 Å². The number of ether oxygens (including phenoxy) is 2. The van der Waals surface area contributed by atoms with Crippen molar-refractivity contribution in [2.75, 3.05) is 6.79 Å². The molecule has 25 heavy (non-hydrogen) atoms. The largest absolute Gasteiger partial charge is 0.454 e. The molecule has 1 aliphatic heterocycles. The Morgan fingerprint density at radius 3 is 2.68 bits per heavy atom. The smallest absolute Gasteiger partial charge is 0.244 e. The van der Waals surface area contributed by atoms with Gasteiger partial charge >= 0.3 is 0 Å². The molecule has 4 nitrogen and oxygen atoms in total. The van der Waals surface area contributed by atoms with Crippen molar-refractivity contribution in [2.45, 2.75) is 33.2 Å². The predicted octanol–water partition coefficient (Wildman–Crippen LogP) is 4.31. The van der Waals surface area contributed by atoms with E-state index >= 15 is 0 Å². The zero-order valence-electron chi connectivity index (χ0n) is 14.8. The first kappa shape index (κ1) is 17.1. The van der Waals surface area contributed by atoms with E-state index in [1.165, 1.54) is 11.1 Å². The normalized spacial score (nSPS) is 13.9. The van der Waals surface area contributed by atoms with Gasteiger partial charge in [0.25, 0.3) is 0 Å². The van der Waals surface area contributed by atoms with E-state index in [1.807, 2.05) is 18.2 Å². The lowest BCUT2D eigenvalue weighted by molar-refractivity contribution is -0.117. The van der Waals surface area contributed by atoms with Crippen molar-refractivity contribution in [3.05, 3.63) is 64.7 Å². The van der Waals surface area contributed by atoms with Crippen molar-refractivity contribution in [3.8, 4) is 11.5 Å². The number of carbonyl (C=O) groups excluding carboxylic acids is 1. The Kier molecular flexibility index (Phi) is 5.08. The number of amides is 1. The lowest BCUT2D eigenvalue weighted by Crippen LogP contribution is -2.26. The zero-order valence-corrected chi connectivity index (χ0v) is 14.8. The fourth-order valence-corrected chi connectivity index (χ4v) is 2.81. The molecular formula is C21H23NO3. The highest BCUT2D eigenvalue weighted by Gasteiger charge is 2.13. The molecule has 4 heteroatoms. The summed E-state index contributed by atoms with van der Waals surface area (Å²) in [5, 5.41) is 3.07. The molecule has 0 bridgehead atoms. The minimum Gasteiger partial charge on any atom is -0.454 e. The van der Waals surface area contributed by atoms with Gasteiger partial charge in [0.2, 0.25) is 12.7 Å². The van der Waals surface area contributed by atoms with Crippen LogP contribution in [0.5, 0.6) is 11.5 Å². The summed E-state index contributed by atoms with van der Waals surface area (Å²) in [4.78, 5) is 12.3. The Balaban J connectivity index is 1.66. The van der Waals surface area contributed by atoms with Crippen LogP contribution in [0.2, 0.25) is 0 Å². The molecule has 0 radical (unpaired) electrons. The number of carbonyl (C=O) groups is 1. The van der Waals surface area contributed by atoms with E-state index in [-0.39, 0.29) is 18.7 Å². The fraction of sp³-hybridized carbons (Fsp3) is 0.286. The van der Waals surface area contributed by atoms with Crippen LogP contribution in [0.1, 0.15) is 41.6 Å². The van der Waals surface area contributed by atoms with Crippen LogP contribution in [0, 0.1) is 13.8 Å². The first-order valence-corrected chi connectivity index (χ1v) is 8.52. The topological polar surface area (TPSA) is 47.6 Å². The number of hydrogen-bond acceptors (Lipinski definition) is 3. The van der Waals surface area contributed by atoms with E-state index in [0.717, 1.165) is 23.3 Å². The monoisotopic (exact) mass is 337 g/mol. The molecule has 0 saturated carbocycles. The Hall–Kier alpha value is -2.75. The molecule has 0 aromatic heterocycles. The van der Waals surface area contributed by atoms with Gasteiger partial charge in [0.05, 0.1) is 6.04 Å². The minimum absolute atomic E-state index is 0.00760. The zero-order chi connectivity index (χ0) is 17.8. The van der Waals surface area contributed by atoms with Gasteiger partial charge in [-0.1, -0.05) is 31.2 Å². The van der Waals surface area contributed by atoms with Crippen molar-refractivity contribution in [1.82, 2.24) is 5.32 Å². The van der Waals surface area contributed by atoms with E-state index in [2.05, 4.69) is 44.3 Å². The third-order valence-corrected chi connectivity index (χ3v) is 4.48. The van der Waals surface area contributed by atoms with E-state index < -0.39 is 0 Å². The molecule has 1 amide bonds. The first-order valence-electron chi connectivity index (χ1n) is 8.52. The van der Waals surface area contributed by atoms with E-state index in [4.69, 9.17) is 9.47 Å². The molecular weight excluding hydrogens is 314 g/mol. The summed E-state index contributed by atoms with van der Waals surface area (Å²) in [7, 11) is 0. The minimum atomic E-state index is -0.109. The average Bonchev–Trinajstić information content (AvgIpc) is 3.08. The summed E-state index contributed by atoms with van der Waals surface area (Å²) in [6.07, 6.45) is 4.18. The van der Waals surface area contributed by atoms with Crippen LogP contribution in [0.4, 0.5) is 0 Å². The van der Waals surface area contributed by atoms with Crippen LogP contribution in [-0.2, 0) is 4.79 Å². The second-order valence-corrected chi connectivity index (χ2v) is 6.26. The summed E-state index contributed by atoms with van der Waals surface area (Å²) >= 11 is 0. The van der Waals surface area contributed by atoms with E-state index in [9.17, 15) is 4.79 Å². The lowest BCUT2D eigenvalue weighted by atomic mass is 9.99. The number of rotatable bonds is 5. The Morgan fingerprint density at radius 1 is 1.12 bits per heavy atom. The number of aryl methyl sites for hydroxylation is 2. The van der Waals surface area contributed by atoms with E-state index in [0.29, 0.717) is 5.75 Å². The Morgan fingerprint density at radius 2 is 1.92 bits per heavy atom. The second-order valence-electron chi connectivity index (χ2n) is 6.26. The van der Waals surface area contributed by atoms with Crippen LogP contribution in [-0.4, -0.2) is 12.7 Å². The average molecular weight is 337 g/mol. The van der Waals surface area contributed by atoms with Crippen molar-refractivity contribution in [2.24, 2.45) is 0 Å². The molecule has 0 spiro atoms. The van der Waals surface area contributed by atoms with Crippen LogP contribution < -0.4 is 14.8 Å². The SMILES string of the molecule is CCC(NC(=O)/C=C/c1ccc2c(c1)OCO2)c1ccc(C)c(C)c1. The highest BCUT2D eigenvalue weighted by molar-refractivity contribution is 5.92. The standard InChI is InChI=1S/C21H23NO3/c1-4-18(17-8-5-14(2)15(3)11-17)22-21(23)10-7-16-6-9-19-20(12-16)25-13-24-19/h5-12,18H,4,13H2,1-3H3,(H,22,23)/b10-7+. The molecule has 3 rings (SSSR count). The van der Waals surface area contributed by atoms with Gasteiger partial charge < -0.3 is 14.8 Å². The fourth-order valence-electron chi connectivity index (χ4n) is 2.81. The molecule has 130 valence electrons. The maximum absolute atomic E-state index is 12.3. The highest BCUT2D eigenvalue weighted by atomic mass is 16.7. The quantitative estimate of drug-likeness (QED) is 0.827. The summed E-state index contributed by atoms with van der Waals surface area (Å²) in [5.74, 6) is 1.34. The van der Waals surface area contributed by atoms with Gasteiger partial charge in [0, 0.05) is 6.08 Å². The molecule has 0 saturated heterocycles. The van der Waals surface area contributed by atoms with Crippen LogP contribution in [0.3, 0.4) is 0 Å². The summed E-state index contributed by atoms with van der Waals surface area (Å²) in [6.45, 7) is 6.50. The summed E-state index contributed by atoms with van der Waals surface area (Å²) in [6, 6.07) is 12.0. The number of nitrogens with one attached hydrogen (secondary N) is 1. The van der Waals surface area contributed by atoms with Gasteiger partial charge in [-0.15, -0.1) is 0 Å². The summed E-state index contributed by atoms with van der Waals surface area (Å²) < 4.78 is 10.6. The Labute approximate surface area is 148 Å². The first-order chi connectivity index (χ1) is 12.1. The molecule has 1 atom stereocenters. The molecule has 0 fully saturated rings. The van der Waals surface area contributed by atoms with Gasteiger partial charge in [-0.05, 0) is 60.7 Å². The molecule has 1 aliphatic rings. The van der Waals surface area contributed by atoms with Crippen LogP contribution in [0.25, 0.3) is 6.08 Å². The second kappa shape index (κ2) is 7.43. The van der Waals surface area contributed by atoms with Crippen molar-refractivity contribution >= 4 is 12.0 Å². The summed E-state index contributed by atoms with van der Waals surface area (Å²) in [5.41, 5.74) is 4.53. The highest BCUT2D eigenvalue weighted by Crippen LogP contribution is 2.32. The maximum Gasteiger partial charge on any atom is 0.244 e. The molecule has 1 heterocycles. The van der Waals surface area contributed by atoms with Gasteiger partial charge in [-0.25, -0.2) is 0 Å². The van der Waals surface area contributed by atoms with Crippen LogP contribution >= 0.6 is 0 Å². The van der Waals surface area contributed by atoms with Crippen molar-refractivity contribution in [3.63, 3.8) is 0 Å². The van der Waals surface area contributed by atoms with Gasteiger partial charge in [0.1, 0.15) is 0 Å². The number of hydrogen-bond donors (Lipinski definition) is 1. The number of benzene rings is 2. The third-order valence-electron chi connectivity index (χ3n) is 4.48. The van der Waals surface area contributed by atoms with Crippen LogP contribution in [0.15, 0.2) is 42.5 Å². The molecule has 2 aromatic rings. The molecule has 0 aliphatic carbocycles. The number of fused-ring (bicyclic) bond motifs is 1. The van der Waals surface area contributed by atoms with Crippen molar-refractivity contribution < 1.29 is 14.3 Å². The third kappa shape index (κ3) is 4.02. The van der Waals surface area contributed by atoms with Crippen molar-refractivity contribution in [1.29, 1.82) is 0 Å². The predicted molar refractivity (Wildman–Crippen MR) is 98.7 cm³/mol. The maximum atomic E-state index is 12.3. The Bertz CT molecular complexity index is 811. The van der Waals surface area contributed by atoms with Gasteiger partial charge in [-0.3, -0.25) is 4.79 Å². The molecule has 1 unspecified atom stereocenters. The van der Waals surface area contributed by atoms with Gasteiger partial charge in [-0.2, -0.15) is 0 Å².